The van der Waals surface area contributed by atoms with Gasteiger partial charge in [0.05, 0.1) is 6.42 Å². The Kier molecular flexibility index (Phi) is 7.29. The number of aryl methyl sites for hydroxylation is 2. The van der Waals surface area contributed by atoms with Crippen LogP contribution in [-0.4, -0.2) is 46.6 Å². The van der Waals surface area contributed by atoms with E-state index in [1.54, 1.807) is 4.90 Å². The molecule has 2 aliphatic heterocycles. The minimum Gasteiger partial charge on any atom is -0.481 e. The highest BCUT2D eigenvalue weighted by Gasteiger charge is 2.26. The Hall–Kier alpha value is -2.61. The normalized spacial score (nSPS) is 17.5. The van der Waals surface area contributed by atoms with Crippen molar-refractivity contribution in [3.63, 3.8) is 0 Å². The van der Waals surface area contributed by atoms with E-state index < -0.39 is 5.97 Å². The molecular weight excluding hydrogens is 472 g/mol. The van der Waals surface area contributed by atoms with Gasteiger partial charge in [0.15, 0.2) is 0 Å². The van der Waals surface area contributed by atoms with E-state index in [1.165, 1.54) is 5.56 Å². The molecule has 1 aromatic heterocycles. The summed E-state index contributed by atoms with van der Waals surface area (Å²) < 4.78 is 0.930. The first-order valence-corrected chi connectivity index (χ1v) is 12.0. The summed E-state index contributed by atoms with van der Waals surface area (Å²) in [6.45, 7) is 2.57. The van der Waals surface area contributed by atoms with Crippen molar-refractivity contribution in [1.82, 2.24) is 15.2 Å². The summed E-state index contributed by atoms with van der Waals surface area (Å²) in [6, 6.07) is 10.0. The number of amides is 2. The molecule has 1 unspecified atom stereocenters. The van der Waals surface area contributed by atoms with Gasteiger partial charge in [-0.2, -0.15) is 0 Å². The zero-order chi connectivity index (χ0) is 22.5. The number of aliphatic carboxylic acids is 1. The molecule has 170 valence electrons. The number of hydrogen-bond acceptors (Lipinski definition) is 4. The van der Waals surface area contributed by atoms with Crippen LogP contribution < -0.4 is 10.6 Å². The van der Waals surface area contributed by atoms with E-state index in [1.807, 2.05) is 18.2 Å². The number of rotatable bonds is 6. The molecule has 7 nitrogen and oxygen atoms in total. The average Bonchev–Trinajstić information content (AvgIpc) is 2.95. The minimum atomic E-state index is -0.812. The maximum absolute atomic E-state index is 12.8. The molecule has 0 saturated heterocycles. The molecule has 2 aliphatic rings. The Balaban J connectivity index is 1.32. The van der Waals surface area contributed by atoms with Crippen LogP contribution in [0.4, 0.5) is 10.6 Å². The second kappa shape index (κ2) is 10.3. The predicted octanol–water partition coefficient (Wildman–Crippen LogP) is 4.31. The molecule has 32 heavy (non-hydrogen) atoms. The zero-order valence-electron chi connectivity index (χ0n) is 18.1. The van der Waals surface area contributed by atoms with E-state index in [2.05, 4.69) is 38.7 Å². The van der Waals surface area contributed by atoms with Gasteiger partial charge in [-0.25, -0.2) is 9.78 Å². The lowest BCUT2D eigenvalue weighted by Gasteiger charge is -2.21. The lowest BCUT2D eigenvalue weighted by Crippen LogP contribution is -2.40. The van der Waals surface area contributed by atoms with E-state index in [0.717, 1.165) is 59.3 Å². The zero-order valence-corrected chi connectivity index (χ0v) is 19.7. The van der Waals surface area contributed by atoms with Crippen LogP contribution in [0.2, 0.25) is 0 Å². The number of halogens is 1. The van der Waals surface area contributed by atoms with Crippen molar-refractivity contribution >= 4 is 33.7 Å². The SMILES string of the molecule is O=C(O)CC1CCN(C(=O)NCCCc2ccc3c(n2)NCCC3)Cc2cc(Br)ccc21. The van der Waals surface area contributed by atoms with Gasteiger partial charge in [0.25, 0.3) is 0 Å². The summed E-state index contributed by atoms with van der Waals surface area (Å²) in [6.07, 6.45) is 4.57. The van der Waals surface area contributed by atoms with Gasteiger partial charge in [-0.1, -0.05) is 28.1 Å². The largest absolute Gasteiger partial charge is 0.481 e. The Morgan fingerprint density at radius 2 is 2.12 bits per heavy atom. The van der Waals surface area contributed by atoms with Crippen molar-refractivity contribution in [3.8, 4) is 0 Å². The third kappa shape index (κ3) is 5.59. The minimum absolute atomic E-state index is 0.0761. The number of pyridine rings is 1. The van der Waals surface area contributed by atoms with Crippen LogP contribution in [0.25, 0.3) is 0 Å². The molecule has 3 N–H and O–H groups in total. The lowest BCUT2D eigenvalue weighted by atomic mass is 9.90. The summed E-state index contributed by atoms with van der Waals surface area (Å²) in [5.74, 6) is 0.105. The van der Waals surface area contributed by atoms with Crippen molar-refractivity contribution < 1.29 is 14.7 Å². The van der Waals surface area contributed by atoms with Gasteiger partial charge in [0.1, 0.15) is 5.82 Å². The van der Waals surface area contributed by atoms with Gasteiger partial charge in [-0.05, 0) is 72.9 Å². The highest BCUT2D eigenvalue weighted by atomic mass is 79.9. The highest BCUT2D eigenvalue weighted by Crippen LogP contribution is 2.33. The van der Waals surface area contributed by atoms with Crippen molar-refractivity contribution in [2.24, 2.45) is 0 Å². The number of aromatic nitrogens is 1. The molecule has 0 radical (unpaired) electrons. The van der Waals surface area contributed by atoms with Crippen LogP contribution in [0, 0.1) is 0 Å². The number of carboxylic acids is 1. The molecule has 0 aliphatic carbocycles. The number of hydrogen-bond donors (Lipinski definition) is 3. The number of carbonyl (C=O) groups is 2. The topological polar surface area (TPSA) is 94.6 Å². The van der Waals surface area contributed by atoms with Crippen molar-refractivity contribution in [3.05, 3.63) is 57.2 Å². The monoisotopic (exact) mass is 500 g/mol. The molecule has 0 saturated carbocycles. The Labute approximate surface area is 196 Å². The second-order valence-corrected chi connectivity index (χ2v) is 9.44. The van der Waals surface area contributed by atoms with E-state index in [0.29, 0.717) is 26.1 Å². The van der Waals surface area contributed by atoms with Crippen LogP contribution >= 0.6 is 15.9 Å². The van der Waals surface area contributed by atoms with Gasteiger partial charge >= 0.3 is 12.0 Å². The van der Waals surface area contributed by atoms with Gasteiger partial charge in [0.2, 0.25) is 0 Å². The Bertz CT molecular complexity index is 997. The smallest absolute Gasteiger partial charge is 0.317 e. The van der Waals surface area contributed by atoms with Gasteiger partial charge in [-0.15, -0.1) is 0 Å². The maximum atomic E-state index is 12.8. The van der Waals surface area contributed by atoms with Gasteiger partial charge in [-0.3, -0.25) is 4.79 Å². The summed E-state index contributed by atoms with van der Waals surface area (Å²) in [4.78, 5) is 30.7. The standard InChI is InChI=1S/C24H29BrN4O3/c25-19-6-8-21-17(14-22(30)31)9-12-29(15-18(21)13-19)24(32)27-11-2-4-20-7-5-16-3-1-10-26-23(16)28-20/h5-8,13,17H,1-4,9-12,14-15H2,(H,26,28)(H,27,32)(H,30,31). The molecule has 3 heterocycles. The Morgan fingerprint density at radius 1 is 1.25 bits per heavy atom. The first kappa shape index (κ1) is 22.6. The fourth-order valence-corrected chi connectivity index (χ4v) is 4.95. The Morgan fingerprint density at radius 3 is 2.97 bits per heavy atom. The van der Waals surface area contributed by atoms with Gasteiger partial charge < -0.3 is 20.6 Å². The van der Waals surface area contributed by atoms with Crippen LogP contribution in [0.3, 0.4) is 0 Å². The number of nitrogens with one attached hydrogen (secondary N) is 2. The van der Waals surface area contributed by atoms with E-state index in [-0.39, 0.29) is 18.4 Å². The second-order valence-electron chi connectivity index (χ2n) is 8.52. The number of anilines is 1. The first-order chi connectivity index (χ1) is 15.5. The van der Waals surface area contributed by atoms with E-state index in [4.69, 9.17) is 4.98 Å². The summed E-state index contributed by atoms with van der Waals surface area (Å²) in [7, 11) is 0. The molecule has 4 rings (SSSR count). The van der Waals surface area contributed by atoms with Crippen LogP contribution in [0.15, 0.2) is 34.8 Å². The summed E-state index contributed by atoms with van der Waals surface area (Å²) in [5, 5.41) is 15.7. The fraction of sp³-hybridized carbons (Fsp3) is 0.458. The quantitative estimate of drug-likeness (QED) is 0.513. The highest BCUT2D eigenvalue weighted by molar-refractivity contribution is 9.10. The number of fused-ring (bicyclic) bond motifs is 2. The van der Waals surface area contributed by atoms with Crippen molar-refractivity contribution in [2.45, 2.75) is 51.0 Å². The molecule has 0 spiro atoms. The third-order valence-corrected chi connectivity index (χ3v) is 6.69. The fourth-order valence-electron chi connectivity index (χ4n) is 4.54. The number of urea groups is 1. The number of nitrogens with zero attached hydrogens (tertiary/aromatic N) is 2. The first-order valence-electron chi connectivity index (χ1n) is 11.2. The molecule has 8 heteroatoms. The molecule has 0 bridgehead atoms. The molecule has 1 aromatic carbocycles. The van der Waals surface area contributed by atoms with Crippen LogP contribution in [0.1, 0.15) is 54.0 Å². The molecule has 2 amide bonds. The third-order valence-electron chi connectivity index (χ3n) is 6.20. The van der Waals surface area contributed by atoms with Crippen LogP contribution in [-0.2, 0) is 24.2 Å². The molecular formula is C24H29BrN4O3. The van der Waals surface area contributed by atoms with Crippen molar-refractivity contribution in [2.75, 3.05) is 25.0 Å². The molecule has 1 atom stereocenters. The number of benzene rings is 1. The lowest BCUT2D eigenvalue weighted by molar-refractivity contribution is -0.137. The van der Waals surface area contributed by atoms with Crippen molar-refractivity contribution in [1.29, 1.82) is 0 Å². The predicted molar refractivity (Wildman–Crippen MR) is 127 cm³/mol. The molecule has 0 fully saturated rings. The van der Waals surface area contributed by atoms with Crippen LogP contribution in [0.5, 0.6) is 0 Å². The summed E-state index contributed by atoms with van der Waals surface area (Å²) >= 11 is 3.49. The number of carboxylic acid groups (broad SMARTS) is 1. The van der Waals surface area contributed by atoms with Gasteiger partial charge in [0, 0.05) is 36.3 Å². The number of carbonyl (C=O) groups excluding carboxylic acids is 1. The maximum Gasteiger partial charge on any atom is 0.317 e. The van der Waals surface area contributed by atoms with E-state index in [9.17, 15) is 14.7 Å². The van der Waals surface area contributed by atoms with E-state index >= 15 is 0 Å². The average molecular weight is 501 g/mol. The summed E-state index contributed by atoms with van der Waals surface area (Å²) in [5.41, 5.74) is 4.35. The molecule has 2 aromatic rings.